The molecule has 1 aromatic carbocycles. The Bertz CT molecular complexity index is 616. The van der Waals surface area contributed by atoms with E-state index in [0.29, 0.717) is 6.10 Å². The van der Waals surface area contributed by atoms with E-state index in [4.69, 9.17) is 10.5 Å². The Hall–Kier alpha value is -1.77. The van der Waals surface area contributed by atoms with Crippen LogP contribution in [-0.2, 0) is 0 Å². The number of ether oxygens (including phenoxy) is 1. The van der Waals surface area contributed by atoms with Crippen molar-refractivity contribution in [3.05, 3.63) is 30.0 Å². The maximum absolute atomic E-state index is 6.26. The highest BCUT2D eigenvalue weighted by Gasteiger charge is 2.20. The number of hydrogen-bond donors (Lipinski definition) is 1. The fourth-order valence-corrected chi connectivity index (χ4v) is 2.96. The van der Waals surface area contributed by atoms with E-state index < -0.39 is 0 Å². The van der Waals surface area contributed by atoms with Crippen molar-refractivity contribution in [2.24, 2.45) is 5.92 Å². The molecule has 1 fully saturated rings. The van der Waals surface area contributed by atoms with Crippen LogP contribution in [0, 0.1) is 12.8 Å². The van der Waals surface area contributed by atoms with Gasteiger partial charge in [0.1, 0.15) is 5.75 Å². The molecule has 1 heterocycles. The second kappa shape index (κ2) is 5.31. The van der Waals surface area contributed by atoms with E-state index in [-0.39, 0.29) is 0 Å². The van der Waals surface area contributed by atoms with Crippen LogP contribution in [0.1, 0.15) is 38.3 Å². The zero-order valence-electron chi connectivity index (χ0n) is 12.2. The zero-order valence-corrected chi connectivity index (χ0v) is 12.2. The molecule has 1 aromatic heterocycles. The van der Waals surface area contributed by atoms with Crippen molar-refractivity contribution in [1.82, 2.24) is 4.98 Å². The molecule has 3 heteroatoms. The Balaban J connectivity index is 1.92. The highest BCUT2D eigenvalue weighted by atomic mass is 16.5. The molecule has 3 nitrogen and oxygen atoms in total. The van der Waals surface area contributed by atoms with Gasteiger partial charge in [0.05, 0.1) is 11.6 Å². The minimum atomic E-state index is 0.331. The third kappa shape index (κ3) is 2.72. The first-order valence-electron chi connectivity index (χ1n) is 7.45. The van der Waals surface area contributed by atoms with Crippen molar-refractivity contribution in [2.75, 3.05) is 5.73 Å². The molecule has 0 aliphatic heterocycles. The van der Waals surface area contributed by atoms with Gasteiger partial charge in [-0.1, -0.05) is 6.92 Å². The number of aromatic nitrogens is 1. The monoisotopic (exact) mass is 270 g/mol. The molecule has 0 bridgehead atoms. The van der Waals surface area contributed by atoms with E-state index >= 15 is 0 Å². The average Bonchev–Trinajstić information content (AvgIpc) is 2.42. The summed E-state index contributed by atoms with van der Waals surface area (Å²) in [6.45, 7) is 4.33. The Morgan fingerprint density at radius 3 is 2.65 bits per heavy atom. The summed E-state index contributed by atoms with van der Waals surface area (Å²) in [5.41, 5.74) is 8.60. The van der Waals surface area contributed by atoms with Crippen molar-refractivity contribution in [3.8, 4) is 5.75 Å². The van der Waals surface area contributed by atoms with Crippen LogP contribution < -0.4 is 10.5 Å². The molecule has 0 saturated heterocycles. The van der Waals surface area contributed by atoms with Gasteiger partial charge in [-0.3, -0.25) is 4.98 Å². The van der Waals surface area contributed by atoms with Gasteiger partial charge >= 0.3 is 0 Å². The molecular formula is C17H22N2O. The summed E-state index contributed by atoms with van der Waals surface area (Å²) in [5, 5.41) is 1.02. The molecule has 2 N–H and O–H groups in total. The molecule has 3 rings (SSSR count). The fraction of sp³-hybridized carbons (Fsp3) is 0.471. The van der Waals surface area contributed by atoms with Gasteiger partial charge in [0.25, 0.3) is 0 Å². The molecule has 0 amide bonds. The van der Waals surface area contributed by atoms with Gasteiger partial charge in [-0.05, 0) is 56.7 Å². The second-order valence-corrected chi connectivity index (χ2v) is 6.04. The van der Waals surface area contributed by atoms with Crippen LogP contribution in [-0.4, -0.2) is 11.1 Å². The Labute approximate surface area is 120 Å². The summed E-state index contributed by atoms with van der Waals surface area (Å²) < 4.78 is 6.26. The molecule has 0 atom stereocenters. The Morgan fingerprint density at radius 1 is 1.15 bits per heavy atom. The van der Waals surface area contributed by atoms with Crippen LogP contribution >= 0.6 is 0 Å². The van der Waals surface area contributed by atoms with E-state index in [2.05, 4.69) is 11.9 Å². The lowest BCUT2D eigenvalue weighted by molar-refractivity contribution is 0.137. The number of hydrogen-bond acceptors (Lipinski definition) is 3. The molecule has 20 heavy (non-hydrogen) atoms. The molecule has 1 aliphatic carbocycles. The number of nitrogen functional groups attached to an aromatic ring is 1. The third-order valence-electron chi connectivity index (χ3n) is 4.18. The predicted octanol–water partition coefficient (Wildman–Crippen LogP) is 4.08. The molecule has 2 aromatic rings. The van der Waals surface area contributed by atoms with E-state index in [1.165, 1.54) is 12.8 Å². The molecule has 1 saturated carbocycles. The number of fused-ring (bicyclic) bond motifs is 1. The number of pyridine rings is 1. The van der Waals surface area contributed by atoms with Crippen LogP contribution in [0.2, 0.25) is 0 Å². The molecular weight excluding hydrogens is 248 g/mol. The Kier molecular flexibility index (Phi) is 3.51. The van der Waals surface area contributed by atoms with Gasteiger partial charge in [-0.15, -0.1) is 0 Å². The third-order valence-corrected chi connectivity index (χ3v) is 4.18. The highest BCUT2D eigenvalue weighted by Crippen LogP contribution is 2.32. The number of nitrogens with two attached hydrogens (primary N) is 1. The number of anilines is 1. The quantitative estimate of drug-likeness (QED) is 0.836. The van der Waals surface area contributed by atoms with Crippen molar-refractivity contribution in [2.45, 2.75) is 45.6 Å². The first kappa shape index (κ1) is 13.2. The van der Waals surface area contributed by atoms with E-state index in [1.54, 1.807) is 0 Å². The summed E-state index contributed by atoms with van der Waals surface area (Å²) in [7, 11) is 0. The largest absolute Gasteiger partial charge is 0.490 e. The summed E-state index contributed by atoms with van der Waals surface area (Å²) in [6.07, 6.45) is 5.14. The van der Waals surface area contributed by atoms with Gasteiger partial charge in [-0.25, -0.2) is 0 Å². The second-order valence-electron chi connectivity index (χ2n) is 6.04. The van der Waals surface area contributed by atoms with Crippen molar-refractivity contribution in [1.29, 1.82) is 0 Å². The smallest absolute Gasteiger partial charge is 0.130 e. The normalized spacial score (nSPS) is 22.9. The lowest BCUT2D eigenvalue weighted by Gasteiger charge is -2.27. The summed E-state index contributed by atoms with van der Waals surface area (Å²) in [4.78, 5) is 4.55. The minimum absolute atomic E-state index is 0.331. The average molecular weight is 270 g/mol. The van der Waals surface area contributed by atoms with Crippen LogP contribution in [0.15, 0.2) is 24.3 Å². The van der Waals surface area contributed by atoms with Gasteiger partial charge in [0.15, 0.2) is 0 Å². The topological polar surface area (TPSA) is 48.1 Å². The summed E-state index contributed by atoms with van der Waals surface area (Å²) in [6, 6.07) is 7.84. The summed E-state index contributed by atoms with van der Waals surface area (Å²) >= 11 is 0. The van der Waals surface area contributed by atoms with Gasteiger partial charge < -0.3 is 10.5 Å². The fourth-order valence-electron chi connectivity index (χ4n) is 2.96. The molecule has 0 spiro atoms. The maximum atomic E-state index is 6.26. The number of rotatable bonds is 2. The number of nitrogens with zero attached hydrogens (tertiary/aromatic N) is 1. The van der Waals surface area contributed by atoms with Crippen LogP contribution in [0.25, 0.3) is 10.9 Å². The predicted molar refractivity (Wildman–Crippen MR) is 82.9 cm³/mol. The molecule has 0 radical (unpaired) electrons. The first-order chi connectivity index (χ1) is 9.61. The van der Waals surface area contributed by atoms with E-state index in [0.717, 1.165) is 46.8 Å². The van der Waals surface area contributed by atoms with Crippen LogP contribution in [0.3, 0.4) is 0 Å². The van der Waals surface area contributed by atoms with Gasteiger partial charge in [-0.2, -0.15) is 0 Å². The SMILES string of the molecule is Cc1cc(OC2CCC(C)CC2)c2cc(N)ccc2n1. The van der Waals surface area contributed by atoms with Crippen molar-refractivity contribution in [3.63, 3.8) is 0 Å². The number of benzene rings is 1. The van der Waals surface area contributed by atoms with E-state index in [9.17, 15) is 0 Å². The highest BCUT2D eigenvalue weighted by molar-refractivity contribution is 5.87. The van der Waals surface area contributed by atoms with Crippen molar-refractivity contribution >= 4 is 16.6 Å². The van der Waals surface area contributed by atoms with Crippen LogP contribution in [0.5, 0.6) is 5.75 Å². The zero-order chi connectivity index (χ0) is 14.1. The molecule has 0 unspecified atom stereocenters. The minimum Gasteiger partial charge on any atom is -0.490 e. The molecule has 106 valence electrons. The number of aryl methyl sites for hydroxylation is 1. The Morgan fingerprint density at radius 2 is 1.90 bits per heavy atom. The van der Waals surface area contributed by atoms with Crippen molar-refractivity contribution < 1.29 is 4.74 Å². The van der Waals surface area contributed by atoms with E-state index in [1.807, 2.05) is 31.2 Å². The van der Waals surface area contributed by atoms with Gasteiger partial charge in [0, 0.05) is 22.8 Å². The maximum Gasteiger partial charge on any atom is 0.130 e. The van der Waals surface area contributed by atoms with Gasteiger partial charge in [0.2, 0.25) is 0 Å². The summed E-state index contributed by atoms with van der Waals surface area (Å²) in [5.74, 6) is 1.76. The lowest BCUT2D eigenvalue weighted by atomic mass is 9.89. The lowest BCUT2D eigenvalue weighted by Crippen LogP contribution is -2.23. The van der Waals surface area contributed by atoms with Crippen LogP contribution in [0.4, 0.5) is 5.69 Å². The molecule has 1 aliphatic rings. The standard InChI is InChI=1S/C17H22N2O/c1-11-3-6-14(7-4-11)20-17-9-12(2)19-16-8-5-13(18)10-15(16)17/h5,8-11,14H,3-4,6-7,18H2,1-2H3. The first-order valence-corrected chi connectivity index (χ1v) is 7.45.